The third kappa shape index (κ3) is 34.6. The van der Waals surface area contributed by atoms with E-state index in [4.69, 9.17) is 110 Å². The average Bonchev–Trinajstić information content (AvgIpc) is 1.60. The second-order valence-electron chi connectivity index (χ2n) is 29.8. The second-order valence-corrected chi connectivity index (χ2v) is 32.6. The van der Waals surface area contributed by atoms with Crippen LogP contribution in [0.5, 0.6) is 0 Å². The molecule has 0 saturated carbocycles. The Morgan fingerprint density at radius 1 is 0.669 bits per heavy atom. The Bertz CT molecular complexity index is 3750. The zero-order valence-electron chi connectivity index (χ0n) is 71.5. The molecule has 8 aliphatic rings. The molecule has 17 atom stereocenters. The standard InChI is InChI=1S/C11H21N3O5S.C11H18O8S.C11H20O6.C11H18O4.C8H13N3O2.C6H9N3O4.C6H10O3.C6H10O2.CO2/c1-6-11(4,13-14-12)9(19-20(5,15)16)8-7-17-10(2,3)18-8;1-5-15-9(12)11(4)8(18-20(13,14)19-11)7-6-16-10(2,3)17-7;1-5-15-9(13)11(4,14)8(12)7-6-16-10(2,3)17-7;1-5-13-10(12)8(2)6-9-7-14-11(3,4)15-9;1-4-6-5(2)8(3,10-11-9)7(12)13-6;1-6(8-9-7)4(11)3(2-10)13-5(6)12;1-6(2)8-4-5(3-7)9-6;1-4-8-6(7)5(2)3;2-1-3/h8-9H,6-7H2,1-5H3;7-8H,5-6H2,1-4H3;7-8,12,14H,5-6H2,1-4H3;6,9H,5,7H2,1-4H3;5-6H,4H2,1-3H3;3-4,10-11H,2H2,1H3;3,5H,4H2,1-2H3;2,4H2,1,3H3;/b;;;8-6+;;;;;/t8?,9-,11-;2*7?,8-,11+;;5-,6-,8-;3-,4-,6-;;;/m111.11.../s1. The Labute approximate surface area is 686 Å². The van der Waals surface area contributed by atoms with Crippen LogP contribution >= 0.6 is 0 Å². The van der Waals surface area contributed by atoms with Gasteiger partial charge >= 0.3 is 52.4 Å². The number of ether oxygens (including phenoxy) is 16. The van der Waals surface area contributed by atoms with E-state index < -0.39 is 157 Å². The molecule has 8 rings (SSSR count). The summed E-state index contributed by atoms with van der Waals surface area (Å²) >= 11 is 0. The number of azide groups is 3. The van der Waals surface area contributed by atoms with Crippen molar-refractivity contribution in [1.29, 1.82) is 0 Å². The van der Waals surface area contributed by atoms with Crippen LogP contribution < -0.4 is 0 Å². The van der Waals surface area contributed by atoms with Crippen molar-refractivity contribution in [3.63, 3.8) is 0 Å². The Morgan fingerprint density at radius 3 is 1.46 bits per heavy atom. The predicted molar refractivity (Wildman–Crippen MR) is 406 cm³/mol. The molecule has 0 aliphatic carbocycles. The fourth-order valence-electron chi connectivity index (χ4n) is 11.0. The van der Waals surface area contributed by atoms with Gasteiger partial charge < -0.3 is 101 Å². The molecule has 118 heavy (non-hydrogen) atoms. The van der Waals surface area contributed by atoms with Gasteiger partial charge in [0.25, 0.3) is 10.1 Å². The molecule has 8 heterocycles. The summed E-state index contributed by atoms with van der Waals surface area (Å²) in [7, 11) is -8.01. The van der Waals surface area contributed by atoms with E-state index in [1.807, 2.05) is 27.7 Å². The minimum atomic E-state index is -4.28. The molecule has 5 unspecified atom stereocenters. The first-order valence-corrected chi connectivity index (χ1v) is 40.2. The fraction of sp³-hybridized carbons (Fsp3) is 0.831. The fourth-order valence-corrected chi connectivity index (χ4v) is 12.9. The highest BCUT2D eigenvalue weighted by molar-refractivity contribution is 7.86. The monoisotopic (exact) mass is 1740 g/mol. The third-order valence-corrected chi connectivity index (χ3v) is 19.2. The smallest absolute Gasteiger partial charge is 0.401 e. The van der Waals surface area contributed by atoms with Crippen LogP contribution in [0.2, 0.25) is 0 Å². The van der Waals surface area contributed by atoms with Gasteiger partial charge in [0.1, 0.15) is 66.6 Å². The Kier molecular flexibility index (Phi) is 44.6. The number of nitrogens with zero attached hydrogens (tertiary/aromatic N) is 9. The number of hydrogen-bond donors (Lipinski definition) is 4. The van der Waals surface area contributed by atoms with Crippen molar-refractivity contribution in [2.24, 2.45) is 21.3 Å². The molecule has 0 bridgehead atoms. The second kappa shape index (κ2) is 47.6. The minimum Gasteiger partial charge on any atom is -0.464 e. The third-order valence-electron chi connectivity index (χ3n) is 17.7. The molecule has 8 saturated heterocycles. The van der Waals surface area contributed by atoms with Gasteiger partial charge in [0.15, 0.2) is 52.5 Å². The van der Waals surface area contributed by atoms with Crippen LogP contribution in [0.25, 0.3) is 31.3 Å². The van der Waals surface area contributed by atoms with E-state index >= 15 is 0 Å². The molecule has 4 N–H and O–H groups in total. The highest BCUT2D eigenvalue weighted by Crippen LogP contribution is 2.41. The van der Waals surface area contributed by atoms with Crippen LogP contribution in [0.4, 0.5) is 0 Å². The van der Waals surface area contributed by atoms with E-state index in [1.54, 1.807) is 124 Å². The van der Waals surface area contributed by atoms with Crippen molar-refractivity contribution in [1.82, 2.24) is 0 Å². The summed E-state index contributed by atoms with van der Waals surface area (Å²) in [6.45, 7) is 45.4. The van der Waals surface area contributed by atoms with E-state index in [0.717, 1.165) is 19.0 Å². The van der Waals surface area contributed by atoms with Gasteiger partial charge in [-0.25, -0.2) is 27.5 Å². The highest BCUT2D eigenvalue weighted by atomic mass is 32.3. The zero-order chi connectivity index (χ0) is 91.8. The van der Waals surface area contributed by atoms with Crippen molar-refractivity contribution in [3.8, 4) is 0 Å². The molecule has 676 valence electrons. The van der Waals surface area contributed by atoms with Gasteiger partial charge in [-0.2, -0.15) is 26.4 Å². The predicted octanol–water partition coefficient (Wildman–Crippen LogP) is 5.78. The first kappa shape index (κ1) is 110. The molecule has 8 fully saturated rings. The van der Waals surface area contributed by atoms with Crippen molar-refractivity contribution in [2.75, 3.05) is 72.3 Å². The van der Waals surface area contributed by atoms with Gasteiger partial charge in [-0.3, -0.25) is 13.8 Å². The molecule has 0 radical (unpaired) electrons. The number of hydrogen-bond acceptors (Lipinski definition) is 39. The lowest BCUT2D eigenvalue weighted by Gasteiger charge is -2.34. The summed E-state index contributed by atoms with van der Waals surface area (Å²) in [5.74, 6) is -7.25. The summed E-state index contributed by atoms with van der Waals surface area (Å²) in [4.78, 5) is 102. The number of carbonyl (C=O) groups excluding carboxylic acids is 9. The number of aliphatic hydroxyl groups is 4. The summed E-state index contributed by atoms with van der Waals surface area (Å²) in [6.07, 6.45) is -3.75. The van der Waals surface area contributed by atoms with Crippen LogP contribution in [0.15, 0.2) is 39.1 Å². The molecule has 0 aromatic carbocycles. The number of aliphatic hydroxyl groups excluding tert-OH is 3. The number of carbonyl (C=O) groups is 7. The van der Waals surface area contributed by atoms with Crippen molar-refractivity contribution in [2.45, 2.75) is 303 Å². The van der Waals surface area contributed by atoms with E-state index in [-0.39, 0.29) is 75.4 Å². The first-order chi connectivity index (χ1) is 54.1. The lowest BCUT2D eigenvalue weighted by atomic mass is 9.86. The maximum atomic E-state index is 12.0. The van der Waals surface area contributed by atoms with E-state index in [1.165, 1.54) is 20.8 Å². The number of esters is 6. The van der Waals surface area contributed by atoms with Gasteiger partial charge in [0.2, 0.25) is 5.60 Å². The minimum absolute atomic E-state index is 0.0547. The van der Waals surface area contributed by atoms with E-state index in [0.29, 0.717) is 44.0 Å². The number of cyclic esters (lactones) is 2. The molecule has 0 spiro atoms. The van der Waals surface area contributed by atoms with Crippen LogP contribution in [0.3, 0.4) is 0 Å². The Morgan fingerprint density at radius 2 is 1.10 bits per heavy atom. The lowest BCUT2D eigenvalue weighted by Crippen LogP contribution is -2.54. The van der Waals surface area contributed by atoms with Gasteiger partial charge in [0.05, 0.1) is 77.9 Å². The molecule has 0 aromatic rings. The highest BCUT2D eigenvalue weighted by Gasteiger charge is 2.62. The molecular formula is C71H119N9O36S2. The number of rotatable bonds is 23. The summed E-state index contributed by atoms with van der Waals surface area (Å²) < 4.78 is 143. The summed E-state index contributed by atoms with van der Waals surface area (Å²) in [5.41, 5.74) is 18.7. The van der Waals surface area contributed by atoms with E-state index in [9.17, 15) is 65.7 Å². The lowest BCUT2D eigenvalue weighted by molar-refractivity contribution is -0.195. The van der Waals surface area contributed by atoms with Gasteiger partial charge in [0, 0.05) is 31.8 Å². The quantitative estimate of drug-likeness (QED) is 0.0138. The molecule has 8 aliphatic heterocycles. The molecule has 0 aromatic heterocycles. The van der Waals surface area contributed by atoms with Crippen molar-refractivity contribution >= 4 is 68.8 Å². The maximum absolute atomic E-state index is 12.0. The van der Waals surface area contributed by atoms with Crippen LogP contribution in [0.1, 0.15) is 179 Å². The van der Waals surface area contributed by atoms with Crippen molar-refractivity contribution < 1.29 is 169 Å². The van der Waals surface area contributed by atoms with Crippen LogP contribution in [-0.4, -0.2) is 282 Å². The molecular weight excluding hydrogens is 1620 g/mol. The van der Waals surface area contributed by atoms with E-state index in [2.05, 4.69) is 46.1 Å². The summed E-state index contributed by atoms with van der Waals surface area (Å²) in [5, 5.41) is 48.4. The van der Waals surface area contributed by atoms with Gasteiger partial charge in [-0.05, 0) is 174 Å². The first-order valence-electron chi connectivity index (χ1n) is 37.0. The topological polar surface area (TPSA) is 624 Å². The van der Waals surface area contributed by atoms with Gasteiger partial charge in [-0.15, -0.1) is 0 Å². The summed E-state index contributed by atoms with van der Waals surface area (Å²) in [6, 6.07) is 0. The Hall–Kier alpha value is -7.50. The zero-order valence-corrected chi connectivity index (χ0v) is 73.1. The van der Waals surface area contributed by atoms with Crippen molar-refractivity contribution in [3.05, 3.63) is 55.1 Å². The molecule has 47 heteroatoms. The van der Waals surface area contributed by atoms with Gasteiger partial charge in [-0.1, -0.05) is 49.6 Å². The SMILES string of the molecule is C=C(C)C(=O)OCC.CC1(C)OCC(C=O)O1.CCOC(=O)/C(C)=C/C1COC(C)(C)O1.CCOC(=O)[C@@](C)(O)[C@H](O)C1COC(C)(C)O1.CCOC(=O)[C@@]1(C)OS(=O)(=O)O[C@@H]1C1COC(C)(C)O1.CC[C@@](C)(N=[N+]=[N-])[C@H](OS(C)(=O)=O)C1COC(C)(C)O1.CC[C@H]1OC(=O)[C@](C)(N=[N+]=[N-])[C@@H]1C.C[C@]1(N=[N+]=[N-])C(=O)O[C@H](CO)[C@H]1O.O=C=O. The number of aldehydes is 1. The Balaban J connectivity index is 0.00000134. The van der Waals surface area contributed by atoms with Crippen LogP contribution in [-0.2, 0) is 152 Å². The molecule has 45 nitrogen and oxygen atoms in total. The normalized spacial score (nSPS) is 29.9. The largest absolute Gasteiger partial charge is 0.464 e. The maximum Gasteiger partial charge on any atom is 0.401 e. The molecule has 0 amide bonds. The van der Waals surface area contributed by atoms with Crippen LogP contribution in [0, 0.1) is 5.92 Å². The average molecular weight is 1740 g/mol.